The minimum atomic E-state index is -3.42. The van der Waals surface area contributed by atoms with E-state index in [1.54, 1.807) is 34.9 Å². The largest absolute Gasteiger partial charge is 0.271 e. The first-order valence-electron chi connectivity index (χ1n) is 7.94. The maximum Gasteiger partial charge on any atom is 0.209 e. The van der Waals surface area contributed by atoms with Gasteiger partial charge in [0.2, 0.25) is 10.0 Å². The maximum absolute atomic E-state index is 13.1. The van der Waals surface area contributed by atoms with Crippen LogP contribution in [-0.2, 0) is 22.3 Å². The first kappa shape index (κ1) is 21.1. The molecule has 1 heterocycles. The third kappa shape index (κ3) is 5.45. The summed E-state index contributed by atoms with van der Waals surface area (Å²) in [5, 5.41) is 9.63. The van der Waals surface area contributed by atoms with Crippen LogP contribution in [-0.4, -0.2) is 29.4 Å². The average Bonchev–Trinajstić information content (AvgIpc) is 3.04. The Balaban J connectivity index is 1.95. The summed E-state index contributed by atoms with van der Waals surface area (Å²) in [7, 11) is -3.42. The van der Waals surface area contributed by atoms with Crippen molar-refractivity contribution in [2.24, 2.45) is 0 Å². The molecule has 0 aliphatic heterocycles. The lowest BCUT2D eigenvalue weighted by Crippen LogP contribution is -2.23. The van der Waals surface area contributed by atoms with Gasteiger partial charge in [0.15, 0.2) is 11.0 Å². The molecular formula is C17H15Cl2FN4O2S2. The second kappa shape index (κ2) is 8.79. The molecule has 0 aliphatic carbocycles. The molecule has 3 aromatic rings. The number of thioether (sulfide) groups is 1. The summed E-state index contributed by atoms with van der Waals surface area (Å²) in [5.74, 6) is 0.559. The van der Waals surface area contributed by atoms with E-state index in [-0.39, 0.29) is 12.4 Å². The van der Waals surface area contributed by atoms with Crippen molar-refractivity contribution in [3.8, 4) is 5.69 Å². The first-order chi connectivity index (χ1) is 13.2. The van der Waals surface area contributed by atoms with E-state index in [9.17, 15) is 12.8 Å². The van der Waals surface area contributed by atoms with E-state index in [4.69, 9.17) is 23.2 Å². The fourth-order valence-electron chi connectivity index (χ4n) is 2.33. The van der Waals surface area contributed by atoms with E-state index < -0.39 is 10.0 Å². The van der Waals surface area contributed by atoms with Gasteiger partial charge in [-0.2, -0.15) is 0 Å². The Morgan fingerprint density at radius 2 is 1.86 bits per heavy atom. The zero-order valence-electron chi connectivity index (χ0n) is 14.6. The average molecular weight is 461 g/mol. The minimum Gasteiger partial charge on any atom is -0.271 e. The topological polar surface area (TPSA) is 76.9 Å². The molecule has 0 saturated heterocycles. The van der Waals surface area contributed by atoms with Crippen LogP contribution in [0, 0.1) is 5.82 Å². The highest BCUT2D eigenvalue weighted by Gasteiger charge is 2.18. The van der Waals surface area contributed by atoms with Crippen LogP contribution in [0.2, 0.25) is 10.0 Å². The van der Waals surface area contributed by atoms with Gasteiger partial charge in [0.05, 0.1) is 23.5 Å². The summed E-state index contributed by atoms with van der Waals surface area (Å²) in [6.07, 6.45) is 1.06. The Morgan fingerprint density at radius 3 is 2.54 bits per heavy atom. The zero-order valence-corrected chi connectivity index (χ0v) is 17.7. The zero-order chi connectivity index (χ0) is 20.3. The van der Waals surface area contributed by atoms with Crippen molar-refractivity contribution in [1.82, 2.24) is 19.5 Å². The molecule has 28 heavy (non-hydrogen) atoms. The standard InChI is InChI=1S/C17H15Cl2FN4O2S2/c1-28(25,26)21-9-16-22-23-17(27-10-11-2-5-13(20)6-3-11)24(16)15-8-12(18)4-7-14(15)19/h2-8,21H,9-10H2,1H3. The van der Waals surface area contributed by atoms with Gasteiger partial charge in [0.25, 0.3) is 0 Å². The summed E-state index contributed by atoms with van der Waals surface area (Å²) in [6, 6.07) is 11.1. The molecule has 0 amide bonds. The van der Waals surface area contributed by atoms with Crippen LogP contribution in [0.3, 0.4) is 0 Å². The molecule has 0 bridgehead atoms. The summed E-state index contributed by atoms with van der Waals surface area (Å²) < 4.78 is 40.1. The van der Waals surface area contributed by atoms with Gasteiger partial charge in [-0.1, -0.05) is 47.1 Å². The highest BCUT2D eigenvalue weighted by atomic mass is 35.5. The second-order valence-electron chi connectivity index (χ2n) is 5.84. The van der Waals surface area contributed by atoms with E-state index in [0.29, 0.717) is 32.5 Å². The normalized spacial score (nSPS) is 11.7. The Labute approximate surface area is 176 Å². The molecular weight excluding hydrogens is 446 g/mol. The van der Waals surface area contributed by atoms with E-state index in [2.05, 4.69) is 14.9 Å². The molecule has 148 valence electrons. The molecule has 0 spiro atoms. The van der Waals surface area contributed by atoms with Crippen molar-refractivity contribution in [2.45, 2.75) is 17.5 Å². The predicted octanol–water partition coefficient (Wildman–Crippen LogP) is 4.05. The summed E-state index contributed by atoms with van der Waals surface area (Å²) in [5.41, 5.74) is 1.43. The van der Waals surface area contributed by atoms with Gasteiger partial charge in [-0.25, -0.2) is 17.5 Å². The Bertz CT molecular complexity index is 1090. The van der Waals surface area contributed by atoms with Crippen molar-refractivity contribution >= 4 is 45.0 Å². The predicted molar refractivity (Wildman–Crippen MR) is 109 cm³/mol. The van der Waals surface area contributed by atoms with Gasteiger partial charge in [-0.05, 0) is 35.9 Å². The highest BCUT2D eigenvalue weighted by molar-refractivity contribution is 7.98. The summed E-state index contributed by atoms with van der Waals surface area (Å²) in [6.45, 7) is -0.0637. The fraction of sp³-hybridized carbons (Fsp3) is 0.176. The lowest BCUT2D eigenvalue weighted by Gasteiger charge is -2.12. The van der Waals surface area contributed by atoms with Crippen LogP contribution in [0.15, 0.2) is 47.6 Å². The van der Waals surface area contributed by atoms with Gasteiger partial charge in [-0.15, -0.1) is 10.2 Å². The second-order valence-corrected chi connectivity index (χ2v) is 9.46. The van der Waals surface area contributed by atoms with Gasteiger partial charge < -0.3 is 0 Å². The van der Waals surface area contributed by atoms with Crippen molar-refractivity contribution in [3.05, 3.63) is 69.7 Å². The van der Waals surface area contributed by atoms with E-state index in [1.165, 1.54) is 23.9 Å². The molecule has 1 aromatic heterocycles. The van der Waals surface area contributed by atoms with E-state index >= 15 is 0 Å². The number of sulfonamides is 1. The first-order valence-corrected chi connectivity index (χ1v) is 11.6. The fourth-order valence-corrected chi connectivity index (χ4v) is 4.01. The van der Waals surface area contributed by atoms with Crippen molar-refractivity contribution < 1.29 is 12.8 Å². The van der Waals surface area contributed by atoms with Crippen LogP contribution in [0.25, 0.3) is 5.69 Å². The molecule has 6 nitrogen and oxygen atoms in total. The Morgan fingerprint density at radius 1 is 1.14 bits per heavy atom. The molecule has 0 unspecified atom stereocenters. The Hall–Kier alpha value is -1.65. The van der Waals surface area contributed by atoms with E-state index in [0.717, 1.165) is 11.8 Å². The molecule has 11 heteroatoms. The van der Waals surface area contributed by atoms with Crippen LogP contribution >= 0.6 is 35.0 Å². The van der Waals surface area contributed by atoms with Crippen molar-refractivity contribution in [1.29, 1.82) is 0 Å². The summed E-state index contributed by atoms with van der Waals surface area (Å²) >= 11 is 13.8. The monoisotopic (exact) mass is 460 g/mol. The van der Waals surface area contributed by atoms with Crippen molar-refractivity contribution in [3.63, 3.8) is 0 Å². The number of halogens is 3. The third-order valence-corrected chi connectivity index (χ3v) is 5.85. The molecule has 2 aromatic carbocycles. The smallest absolute Gasteiger partial charge is 0.209 e. The van der Waals surface area contributed by atoms with Crippen LogP contribution < -0.4 is 4.72 Å². The molecule has 3 rings (SSSR count). The molecule has 0 atom stereocenters. The molecule has 0 radical (unpaired) electrons. The number of hydrogen-bond acceptors (Lipinski definition) is 5. The number of hydrogen-bond donors (Lipinski definition) is 1. The lowest BCUT2D eigenvalue weighted by atomic mass is 10.2. The number of rotatable bonds is 7. The van der Waals surface area contributed by atoms with Gasteiger partial charge in [-0.3, -0.25) is 4.57 Å². The lowest BCUT2D eigenvalue weighted by molar-refractivity contribution is 0.584. The van der Waals surface area contributed by atoms with Crippen LogP contribution in [0.1, 0.15) is 11.4 Å². The van der Waals surface area contributed by atoms with Gasteiger partial charge in [0.1, 0.15) is 5.82 Å². The minimum absolute atomic E-state index is 0.0637. The highest BCUT2D eigenvalue weighted by Crippen LogP contribution is 2.31. The number of aromatic nitrogens is 3. The van der Waals surface area contributed by atoms with Gasteiger partial charge >= 0.3 is 0 Å². The number of nitrogens with one attached hydrogen (secondary N) is 1. The maximum atomic E-state index is 13.1. The number of nitrogens with zero attached hydrogens (tertiary/aromatic N) is 3. The van der Waals surface area contributed by atoms with Crippen LogP contribution in [0.5, 0.6) is 0 Å². The summed E-state index contributed by atoms with van der Waals surface area (Å²) in [4.78, 5) is 0. The molecule has 0 fully saturated rings. The van der Waals surface area contributed by atoms with Crippen molar-refractivity contribution in [2.75, 3.05) is 6.26 Å². The van der Waals surface area contributed by atoms with Gasteiger partial charge in [0, 0.05) is 10.8 Å². The quantitative estimate of drug-likeness (QED) is 0.538. The Kier molecular flexibility index (Phi) is 6.61. The van der Waals surface area contributed by atoms with Crippen LogP contribution in [0.4, 0.5) is 4.39 Å². The SMILES string of the molecule is CS(=O)(=O)NCc1nnc(SCc2ccc(F)cc2)n1-c1cc(Cl)ccc1Cl. The molecule has 1 N–H and O–H groups in total. The molecule has 0 saturated carbocycles. The molecule has 0 aliphatic rings. The van der Waals surface area contributed by atoms with E-state index in [1.807, 2.05) is 0 Å². The number of benzene rings is 2. The third-order valence-electron chi connectivity index (χ3n) is 3.62.